The quantitative estimate of drug-likeness (QED) is 0.870. The van der Waals surface area contributed by atoms with Crippen LogP contribution < -0.4 is 4.74 Å². The molecule has 2 fully saturated rings. The van der Waals surface area contributed by atoms with Crippen LogP contribution in [0, 0.1) is 23.6 Å². The van der Waals surface area contributed by atoms with E-state index in [1.165, 1.54) is 24.6 Å². The van der Waals surface area contributed by atoms with Crippen molar-refractivity contribution in [1.29, 1.82) is 0 Å². The predicted octanol–water partition coefficient (Wildman–Crippen LogP) is 4.51. The molecule has 4 unspecified atom stereocenters. The Morgan fingerprint density at radius 3 is 2.82 bits per heavy atom. The number of benzene rings is 1. The van der Waals surface area contributed by atoms with E-state index >= 15 is 0 Å². The molecule has 1 aromatic rings. The lowest BCUT2D eigenvalue weighted by Gasteiger charge is -2.42. The smallest absolute Gasteiger partial charge is 0.335 e. The number of fused-ring (bicyclic) bond motifs is 2. The molecular weight excluding hydrogens is 283 g/mol. The molecule has 1 N–H and O–H groups in total. The van der Waals surface area contributed by atoms with Crippen molar-refractivity contribution in [1.82, 2.24) is 0 Å². The predicted molar refractivity (Wildman–Crippen MR) is 81.6 cm³/mol. The maximum absolute atomic E-state index is 14.1. The zero-order valence-electron chi connectivity index (χ0n) is 13.1. The molecule has 3 rings (SSSR count). The van der Waals surface area contributed by atoms with Gasteiger partial charge in [-0.3, -0.25) is 0 Å². The molecule has 0 aromatic heterocycles. The van der Waals surface area contributed by atoms with E-state index in [-0.39, 0.29) is 16.9 Å². The number of carbonyl (C=O) groups is 1. The highest BCUT2D eigenvalue weighted by Gasteiger charge is 2.55. The molecule has 2 bridgehead atoms. The van der Waals surface area contributed by atoms with E-state index in [0.717, 1.165) is 25.7 Å². The third-order valence-electron chi connectivity index (χ3n) is 5.76. The van der Waals surface area contributed by atoms with E-state index in [4.69, 9.17) is 9.84 Å². The number of carboxylic acid groups (broad SMARTS) is 1. The minimum atomic E-state index is -1.06. The first-order valence-electron chi connectivity index (χ1n) is 8.18. The van der Waals surface area contributed by atoms with Gasteiger partial charge in [-0.1, -0.05) is 13.8 Å². The summed E-state index contributed by atoms with van der Waals surface area (Å²) >= 11 is 0. The Bertz CT molecular complexity index is 586. The van der Waals surface area contributed by atoms with Crippen molar-refractivity contribution in [3.63, 3.8) is 0 Å². The Labute approximate surface area is 130 Å². The van der Waals surface area contributed by atoms with Crippen molar-refractivity contribution in [3.8, 4) is 5.75 Å². The van der Waals surface area contributed by atoms with Gasteiger partial charge in [0.25, 0.3) is 0 Å². The van der Waals surface area contributed by atoms with Crippen LogP contribution in [-0.2, 0) is 0 Å². The van der Waals surface area contributed by atoms with Crippen LogP contribution in [0.4, 0.5) is 4.39 Å². The number of hydrogen-bond acceptors (Lipinski definition) is 2. The molecule has 0 heterocycles. The van der Waals surface area contributed by atoms with Crippen molar-refractivity contribution in [2.75, 3.05) is 0 Å². The Hall–Kier alpha value is -1.58. The van der Waals surface area contributed by atoms with Gasteiger partial charge in [-0.2, -0.15) is 0 Å². The second-order valence-corrected chi connectivity index (χ2v) is 6.90. The zero-order chi connectivity index (χ0) is 15.9. The van der Waals surface area contributed by atoms with Gasteiger partial charge < -0.3 is 9.84 Å². The van der Waals surface area contributed by atoms with Crippen LogP contribution >= 0.6 is 0 Å². The summed E-state index contributed by atoms with van der Waals surface area (Å²) in [7, 11) is 0. The van der Waals surface area contributed by atoms with E-state index in [9.17, 15) is 9.18 Å². The van der Waals surface area contributed by atoms with E-state index < -0.39 is 11.8 Å². The van der Waals surface area contributed by atoms with Crippen molar-refractivity contribution in [2.24, 2.45) is 17.8 Å². The highest BCUT2D eigenvalue weighted by molar-refractivity contribution is 5.88. The Morgan fingerprint density at radius 2 is 2.27 bits per heavy atom. The van der Waals surface area contributed by atoms with Gasteiger partial charge in [-0.25, -0.2) is 9.18 Å². The third kappa shape index (κ3) is 2.38. The molecule has 4 atom stereocenters. The molecule has 0 radical (unpaired) electrons. The molecule has 0 spiro atoms. The maximum Gasteiger partial charge on any atom is 0.335 e. The van der Waals surface area contributed by atoms with E-state index in [1.807, 2.05) is 0 Å². The van der Waals surface area contributed by atoms with Gasteiger partial charge in [0.05, 0.1) is 5.56 Å². The minimum Gasteiger partial charge on any atom is -0.484 e. The second kappa shape index (κ2) is 5.56. The molecule has 4 heteroatoms. The monoisotopic (exact) mass is 306 g/mol. The van der Waals surface area contributed by atoms with Gasteiger partial charge >= 0.3 is 5.97 Å². The van der Waals surface area contributed by atoms with Crippen molar-refractivity contribution < 1.29 is 19.0 Å². The number of halogens is 1. The number of ether oxygens (including phenoxy) is 1. The Morgan fingerprint density at radius 1 is 1.50 bits per heavy atom. The first kappa shape index (κ1) is 15.3. The van der Waals surface area contributed by atoms with Gasteiger partial charge in [0, 0.05) is 0 Å². The maximum atomic E-state index is 14.1. The SMILES string of the molecule is CCC(C)C1(Oc2cc(C(=O)O)ccc2F)CC2CCC1C2. The Balaban J connectivity index is 1.95. The largest absolute Gasteiger partial charge is 0.484 e. The van der Waals surface area contributed by atoms with E-state index in [2.05, 4.69) is 13.8 Å². The van der Waals surface area contributed by atoms with Crippen LogP contribution in [0.5, 0.6) is 5.75 Å². The Kier molecular flexibility index (Phi) is 3.87. The molecule has 0 aliphatic heterocycles. The van der Waals surface area contributed by atoms with Crippen molar-refractivity contribution in [3.05, 3.63) is 29.6 Å². The van der Waals surface area contributed by atoms with Gasteiger partial charge in [0.15, 0.2) is 11.6 Å². The molecule has 22 heavy (non-hydrogen) atoms. The molecule has 3 nitrogen and oxygen atoms in total. The summed E-state index contributed by atoms with van der Waals surface area (Å²) in [4.78, 5) is 11.1. The molecule has 120 valence electrons. The molecule has 2 aliphatic rings. The molecule has 0 amide bonds. The lowest BCUT2D eigenvalue weighted by Crippen LogP contribution is -2.47. The van der Waals surface area contributed by atoms with E-state index in [1.54, 1.807) is 0 Å². The van der Waals surface area contributed by atoms with E-state index in [0.29, 0.717) is 17.8 Å². The molecular formula is C18H23FO3. The second-order valence-electron chi connectivity index (χ2n) is 6.90. The van der Waals surface area contributed by atoms with Crippen molar-refractivity contribution in [2.45, 2.75) is 51.6 Å². The fourth-order valence-corrected chi connectivity index (χ4v) is 4.42. The summed E-state index contributed by atoms with van der Waals surface area (Å²) in [6.45, 7) is 4.30. The van der Waals surface area contributed by atoms with Crippen LogP contribution in [0.25, 0.3) is 0 Å². The summed E-state index contributed by atoms with van der Waals surface area (Å²) in [5, 5.41) is 9.11. The summed E-state index contributed by atoms with van der Waals surface area (Å²) in [6.07, 6.45) is 5.47. The normalized spacial score (nSPS) is 31.2. The fourth-order valence-electron chi connectivity index (χ4n) is 4.42. The van der Waals surface area contributed by atoms with Gasteiger partial charge in [-0.15, -0.1) is 0 Å². The summed E-state index contributed by atoms with van der Waals surface area (Å²) in [5.74, 6) is 0.0133. The van der Waals surface area contributed by atoms with Crippen molar-refractivity contribution >= 4 is 5.97 Å². The first-order valence-corrected chi connectivity index (χ1v) is 8.18. The summed E-state index contributed by atoms with van der Waals surface area (Å²) in [5.41, 5.74) is -0.269. The van der Waals surface area contributed by atoms with Crippen LogP contribution in [0.15, 0.2) is 18.2 Å². The topological polar surface area (TPSA) is 46.5 Å². The average Bonchev–Trinajstić information content (AvgIpc) is 3.09. The lowest BCUT2D eigenvalue weighted by atomic mass is 9.74. The number of hydrogen-bond donors (Lipinski definition) is 1. The minimum absolute atomic E-state index is 0.0684. The zero-order valence-corrected chi connectivity index (χ0v) is 13.1. The van der Waals surface area contributed by atoms with Gasteiger partial charge in [-0.05, 0) is 68.1 Å². The summed E-state index contributed by atoms with van der Waals surface area (Å²) < 4.78 is 20.4. The molecule has 2 aliphatic carbocycles. The fraction of sp³-hybridized carbons (Fsp3) is 0.611. The highest BCUT2D eigenvalue weighted by Crippen LogP contribution is 2.56. The van der Waals surface area contributed by atoms with Crippen LogP contribution in [0.3, 0.4) is 0 Å². The standard InChI is InChI=1S/C18H23FO3/c1-3-11(2)18(10-12-4-6-14(18)8-12)22-16-9-13(17(20)21)5-7-15(16)19/h5,7,9,11-12,14H,3-4,6,8,10H2,1-2H3,(H,20,21). The molecule has 0 saturated heterocycles. The van der Waals surface area contributed by atoms with Gasteiger partial charge in [0.1, 0.15) is 5.60 Å². The molecule has 2 saturated carbocycles. The number of aromatic carboxylic acids is 1. The van der Waals surface area contributed by atoms with Crippen LogP contribution in [0.1, 0.15) is 56.3 Å². The van der Waals surface area contributed by atoms with Crippen LogP contribution in [-0.4, -0.2) is 16.7 Å². The number of rotatable bonds is 5. The number of carboxylic acids is 1. The molecule has 1 aromatic carbocycles. The highest BCUT2D eigenvalue weighted by atomic mass is 19.1. The lowest BCUT2D eigenvalue weighted by molar-refractivity contribution is -0.0384. The van der Waals surface area contributed by atoms with Crippen LogP contribution in [0.2, 0.25) is 0 Å². The third-order valence-corrected chi connectivity index (χ3v) is 5.76. The first-order chi connectivity index (χ1) is 10.5. The average molecular weight is 306 g/mol. The van der Waals surface area contributed by atoms with Gasteiger partial charge in [0.2, 0.25) is 0 Å². The summed E-state index contributed by atoms with van der Waals surface area (Å²) in [6, 6.07) is 3.80.